The van der Waals surface area contributed by atoms with E-state index in [9.17, 15) is 8.42 Å². The number of hydrogen-bond donors (Lipinski definition) is 2. The van der Waals surface area contributed by atoms with Gasteiger partial charge in [0.15, 0.2) is 0 Å². The number of hydrogen-bond acceptors (Lipinski definition) is 3. The Kier molecular flexibility index (Phi) is 1.74. The molecule has 0 saturated carbocycles. The van der Waals surface area contributed by atoms with Gasteiger partial charge in [-0.2, -0.15) is 0 Å². The van der Waals surface area contributed by atoms with E-state index in [0.717, 1.165) is 13.0 Å². The maximum atomic E-state index is 10.5. The van der Waals surface area contributed by atoms with Crippen LogP contribution in [0.2, 0.25) is 0 Å². The molecule has 0 unspecified atom stereocenters. The zero-order valence-electron chi connectivity index (χ0n) is 5.00. The smallest absolute Gasteiger partial charge is 0.225 e. The van der Waals surface area contributed by atoms with Crippen molar-refractivity contribution in [1.82, 2.24) is 5.32 Å². The molecule has 9 heavy (non-hydrogen) atoms. The van der Waals surface area contributed by atoms with Gasteiger partial charge in [0.2, 0.25) is 10.0 Å². The lowest BCUT2D eigenvalue weighted by atomic mass is 10.4. The second kappa shape index (κ2) is 2.24. The molecule has 1 atom stereocenters. The molecule has 0 aromatic rings. The van der Waals surface area contributed by atoms with Crippen molar-refractivity contribution in [2.75, 3.05) is 6.54 Å². The van der Waals surface area contributed by atoms with Crippen molar-refractivity contribution in [3.05, 3.63) is 0 Å². The standard InChI is InChI=1S/C4H10N2O2S/c5-9(7,8)4-2-1-3-6-4/h4,6H,1-3H2,(H2,5,7,8)/t4-/m0/s1. The van der Waals surface area contributed by atoms with Gasteiger partial charge in [0.1, 0.15) is 5.37 Å². The predicted octanol–water partition coefficient (Wildman–Crippen LogP) is -1.02. The number of nitrogens with two attached hydrogens (primary N) is 1. The van der Waals surface area contributed by atoms with Crippen LogP contribution in [0.25, 0.3) is 0 Å². The van der Waals surface area contributed by atoms with Crippen LogP contribution in [0, 0.1) is 0 Å². The first-order valence-corrected chi connectivity index (χ1v) is 4.46. The van der Waals surface area contributed by atoms with Gasteiger partial charge >= 0.3 is 0 Å². The quantitative estimate of drug-likeness (QED) is 0.503. The van der Waals surface area contributed by atoms with E-state index < -0.39 is 15.4 Å². The Bertz CT molecular complexity index is 181. The molecular formula is C4H10N2O2S. The lowest BCUT2D eigenvalue weighted by molar-refractivity contribution is 0.573. The summed E-state index contributed by atoms with van der Waals surface area (Å²) in [6, 6.07) is 0. The fourth-order valence-electron chi connectivity index (χ4n) is 0.933. The van der Waals surface area contributed by atoms with Crippen molar-refractivity contribution < 1.29 is 8.42 Å². The fourth-order valence-corrected chi connectivity index (χ4v) is 1.78. The van der Waals surface area contributed by atoms with Gasteiger partial charge < -0.3 is 5.32 Å². The zero-order chi connectivity index (χ0) is 6.91. The predicted molar refractivity (Wildman–Crippen MR) is 34.1 cm³/mol. The third-order valence-corrected chi connectivity index (χ3v) is 2.61. The summed E-state index contributed by atoms with van der Waals surface area (Å²) < 4.78 is 21.1. The molecule has 3 N–H and O–H groups in total. The minimum absolute atomic E-state index is 0.488. The topological polar surface area (TPSA) is 72.2 Å². The summed E-state index contributed by atoms with van der Waals surface area (Å²) >= 11 is 0. The van der Waals surface area contributed by atoms with E-state index in [4.69, 9.17) is 5.14 Å². The summed E-state index contributed by atoms with van der Waals surface area (Å²) in [6.45, 7) is 0.765. The second-order valence-corrected chi connectivity index (χ2v) is 3.92. The maximum Gasteiger partial charge on any atom is 0.225 e. The number of nitrogens with one attached hydrogen (secondary N) is 1. The molecule has 4 nitrogen and oxygen atoms in total. The molecule has 0 amide bonds. The van der Waals surface area contributed by atoms with E-state index in [0.29, 0.717) is 6.42 Å². The Labute approximate surface area is 54.5 Å². The van der Waals surface area contributed by atoms with Crippen molar-refractivity contribution >= 4 is 10.0 Å². The molecule has 1 heterocycles. The van der Waals surface area contributed by atoms with E-state index in [1.54, 1.807) is 0 Å². The van der Waals surface area contributed by atoms with Crippen molar-refractivity contribution in [3.8, 4) is 0 Å². The minimum Gasteiger partial charge on any atom is -0.300 e. The summed E-state index contributed by atoms with van der Waals surface area (Å²) in [5.74, 6) is 0. The molecule has 0 aromatic carbocycles. The molecular weight excluding hydrogens is 140 g/mol. The van der Waals surface area contributed by atoms with Gasteiger partial charge in [-0.3, -0.25) is 0 Å². The molecule has 1 aliphatic rings. The van der Waals surface area contributed by atoms with Gasteiger partial charge in [0, 0.05) is 0 Å². The molecule has 0 aromatic heterocycles. The number of primary sulfonamides is 1. The highest BCUT2D eigenvalue weighted by Crippen LogP contribution is 2.07. The Morgan fingerprint density at radius 2 is 2.22 bits per heavy atom. The fraction of sp³-hybridized carbons (Fsp3) is 1.00. The van der Waals surface area contributed by atoms with E-state index >= 15 is 0 Å². The molecule has 5 heteroatoms. The van der Waals surface area contributed by atoms with Crippen molar-refractivity contribution in [2.45, 2.75) is 18.2 Å². The molecule has 1 aliphatic heterocycles. The molecule has 54 valence electrons. The van der Waals surface area contributed by atoms with Gasteiger partial charge in [0.25, 0.3) is 0 Å². The molecule has 0 aliphatic carbocycles. The number of rotatable bonds is 1. The van der Waals surface area contributed by atoms with E-state index in [-0.39, 0.29) is 0 Å². The van der Waals surface area contributed by atoms with Crippen LogP contribution in [0.1, 0.15) is 12.8 Å². The third kappa shape index (κ3) is 1.64. The van der Waals surface area contributed by atoms with Gasteiger partial charge in [-0.15, -0.1) is 0 Å². The summed E-state index contributed by atoms with van der Waals surface area (Å²) in [5, 5.41) is 7.15. The Morgan fingerprint density at radius 1 is 1.56 bits per heavy atom. The van der Waals surface area contributed by atoms with Gasteiger partial charge in [-0.25, -0.2) is 13.6 Å². The Morgan fingerprint density at radius 3 is 2.44 bits per heavy atom. The lowest BCUT2D eigenvalue weighted by Crippen LogP contribution is -2.35. The largest absolute Gasteiger partial charge is 0.300 e. The highest BCUT2D eigenvalue weighted by molar-refractivity contribution is 7.89. The van der Waals surface area contributed by atoms with E-state index in [1.807, 2.05) is 0 Å². The third-order valence-electron chi connectivity index (χ3n) is 1.41. The van der Waals surface area contributed by atoms with Gasteiger partial charge in [-0.1, -0.05) is 0 Å². The lowest BCUT2D eigenvalue weighted by Gasteiger charge is -2.04. The van der Waals surface area contributed by atoms with Crippen LogP contribution in [0.3, 0.4) is 0 Å². The highest BCUT2D eigenvalue weighted by Gasteiger charge is 2.23. The van der Waals surface area contributed by atoms with Crippen molar-refractivity contribution in [1.29, 1.82) is 0 Å². The highest BCUT2D eigenvalue weighted by atomic mass is 32.2. The van der Waals surface area contributed by atoms with Crippen molar-refractivity contribution in [2.24, 2.45) is 5.14 Å². The van der Waals surface area contributed by atoms with Gasteiger partial charge in [0.05, 0.1) is 0 Å². The van der Waals surface area contributed by atoms with Crippen LogP contribution in [0.15, 0.2) is 0 Å². The first kappa shape index (κ1) is 6.98. The average Bonchev–Trinajstić information content (AvgIpc) is 2.08. The minimum atomic E-state index is -3.31. The van der Waals surface area contributed by atoms with Crippen LogP contribution in [-0.4, -0.2) is 20.3 Å². The second-order valence-electron chi connectivity index (χ2n) is 2.17. The average molecular weight is 150 g/mol. The van der Waals surface area contributed by atoms with Crippen LogP contribution < -0.4 is 10.5 Å². The molecule has 0 radical (unpaired) electrons. The van der Waals surface area contributed by atoms with Crippen LogP contribution >= 0.6 is 0 Å². The van der Waals surface area contributed by atoms with Crippen LogP contribution in [-0.2, 0) is 10.0 Å². The summed E-state index contributed by atoms with van der Waals surface area (Å²) in [6.07, 6.45) is 1.56. The molecule has 0 spiro atoms. The zero-order valence-corrected chi connectivity index (χ0v) is 5.82. The SMILES string of the molecule is NS(=O)(=O)[C@H]1CCCN1. The monoisotopic (exact) mass is 150 g/mol. The van der Waals surface area contributed by atoms with E-state index in [1.165, 1.54) is 0 Å². The maximum absolute atomic E-state index is 10.5. The molecule has 1 fully saturated rings. The Balaban J connectivity index is 2.63. The molecule has 1 rings (SSSR count). The molecule has 0 bridgehead atoms. The first-order chi connectivity index (χ1) is 4.11. The van der Waals surface area contributed by atoms with Crippen molar-refractivity contribution in [3.63, 3.8) is 0 Å². The normalized spacial score (nSPS) is 28.8. The first-order valence-electron chi connectivity index (χ1n) is 2.86. The molecule has 1 saturated heterocycles. The number of sulfonamides is 1. The summed E-state index contributed by atoms with van der Waals surface area (Å²) in [4.78, 5) is 0. The summed E-state index contributed by atoms with van der Waals surface area (Å²) in [5.41, 5.74) is 0. The summed E-state index contributed by atoms with van der Waals surface area (Å²) in [7, 11) is -3.31. The van der Waals surface area contributed by atoms with Crippen LogP contribution in [0.5, 0.6) is 0 Å². The van der Waals surface area contributed by atoms with Gasteiger partial charge in [-0.05, 0) is 19.4 Å². The Hall–Kier alpha value is -0.130. The van der Waals surface area contributed by atoms with E-state index in [2.05, 4.69) is 5.32 Å². The van der Waals surface area contributed by atoms with Crippen LogP contribution in [0.4, 0.5) is 0 Å².